The van der Waals surface area contributed by atoms with E-state index in [0.717, 1.165) is 9.65 Å². The molecule has 0 aromatic carbocycles. The van der Waals surface area contributed by atoms with Crippen molar-refractivity contribution in [2.75, 3.05) is 0 Å². The summed E-state index contributed by atoms with van der Waals surface area (Å²) in [6.07, 6.45) is 0. The van der Waals surface area contributed by atoms with Gasteiger partial charge in [-0.3, -0.25) is 0 Å². The molecule has 1 heterocycles. The molecule has 2 N–H and O–H groups in total. The van der Waals surface area contributed by atoms with Crippen molar-refractivity contribution >= 4 is 24.0 Å². The maximum atomic E-state index is 5.58. The Balaban J connectivity index is 2.85. The Kier molecular flexibility index (Phi) is 1.93. The van der Waals surface area contributed by atoms with Crippen LogP contribution in [0, 0.1) is 0 Å². The molecule has 2 radical (unpaired) electrons. The molecule has 1 atom stereocenters. The number of rotatable bonds is 1. The lowest BCUT2D eigenvalue weighted by Gasteiger charge is -1.97. The van der Waals surface area contributed by atoms with E-state index < -0.39 is 0 Å². The van der Waals surface area contributed by atoms with Crippen LogP contribution < -0.4 is 10.5 Å². The molecule has 1 unspecified atom stereocenters. The fraction of sp³-hybridized carbons (Fsp3) is 0.333. The van der Waals surface area contributed by atoms with Gasteiger partial charge in [-0.1, -0.05) is 6.07 Å². The van der Waals surface area contributed by atoms with Crippen molar-refractivity contribution in [2.24, 2.45) is 5.73 Å². The van der Waals surface area contributed by atoms with Crippen LogP contribution in [0.25, 0.3) is 0 Å². The van der Waals surface area contributed by atoms with Gasteiger partial charge >= 0.3 is 0 Å². The summed E-state index contributed by atoms with van der Waals surface area (Å²) in [6.45, 7) is 1.95. The van der Waals surface area contributed by atoms with Crippen LogP contribution in [0.5, 0.6) is 0 Å². The van der Waals surface area contributed by atoms with Gasteiger partial charge in [-0.25, -0.2) is 0 Å². The minimum atomic E-state index is 0.118. The van der Waals surface area contributed by atoms with Crippen LogP contribution in [0.3, 0.4) is 0 Å². The Morgan fingerprint density at radius 2 is 2.33 bits per heavy atom. The van der Waals surface area contributed by atoms with Crippen LogP contribution in [0.1, 0.15) is 17.8 Å². The van der Waals surface area contributed by atoms with Crippen LogP contribution in [0.4, 0.5) is 0 Å². The highest BCUT2D eigenvalue weighted by molar-refractivity contribution is 7.20. The maximum Gasteiger partial charge on any atom is 0.128 e. The minimum Gasteiger partial charge on any atom is -0.324 e. The lowest BCUT2D eigenvalue weighted by molar-refractivity contribution is 0.838. The van der Waals surface area contributed by atoms with E-state index in [1.807, 2.05) is 19.1 Å². The first-order valence-corrected chi connectivity index (χ1v) is 3.62. The van der Waals surface area contributed by atoms with Crippen molar-refractivity contribution in [1.82, 2.24) is 0 Å². The minimum absolute atomic E-state index is 0.118. The summed E-state index contributed by atoms with van der Waals surface area (Å²) in [4.78, 5) is 1.15. The second-order valence-electron chi connectivity index (χ2n) is 2.03. The third-order valence-corrected chi connectivity index (χ3v) is 2.21. The highest BCUT2D eigenvalue weighted by Crippen LogP contribution is 2.12. The predicted molar refractivity (Wildman–Crippen MR) is 42.3 cm³/mol. The molecular formula is C6H8BNS. The Labute approximate surface area is 60.3 Å². The summed E-state index contributed by atoms with van der Waals surface area (Å²) in [5, 5.41) is 0. The van der Waals surface area contributed by atoms with Gasteiger partial charge in [-0.15, -0.1) is 0 Å². The van der Waals surface area contributed by atoms with Gasteiger partial charge in [0.05, 0.1) is 0 Å². The van der Waals surface area contributed by atoms with Crippen molar-refractivity contribution < 1.29 is 0 Å². The van der Waals surface area contributed by atoms with E-state index in [0.29, 0.717) is 0 Å². The Morgan fingerprint density at radius 3 is 2.56 bits per heavy atom. The van der Waals surface area contributed by atoms with Gasteiger partial charge in [-0.2, -0.15) is 11.3 Å². The summed E-state index contributed by atoms with van der Waals surface area (Å²) >= 11 is 1.55. The van der Waals surface area contributed by atoms with E-state index in [9.17, 15) is 0 Å². The fourth-order valence-corrected chi connectivity index (χ4v) is 1.34. The van der Waals surface area contributed by atoms with Crippen LogP contribution in [-0.4, -0.2) is 7.85 Å². The standard InChI is InChI=1S/C6H8BNS/c1-4(8)5-2-3-6(7)9-5/h2-4H,8H2,1H3. The third-order valence-electron chi connectivity index (χ3n) is 1.10. The van der Waals surface area contributed by atoms with Crippen molar-refractivity contribution in [3.05, 3.63) is 17.0 Å². The Bertz CT molecular complexity index is 195. The molecule has 0 amide bonds. The van der Waals surface area contributed by atoms with Gasteiger partial charge < -0.3 is 5.73 Å². The number of nitrogens with two attached hydrogens (primary N) is 1. The smallest absolute Gasteiger partial charge is 0.128 e. The second kappa shape index (κ2) is 2.54. The lowest BCUT2D eigenvalue weighted by Crippen LogP contribution is -2.02. The normalized spacial score (nSPS) is 13.6. The monoisotopic (exact) mass is 137 g/mol. The molecule has 0 aliphatic carbocycles. The summed E-state index contributed by atoms with van der Waals surface area (Å²) in [7, 11) is 5.48. The molecule has 1 rings (SSSR count). The van der Waals surface area contributed by atoms with Crippen molar-refractivity contribution in [3.8, 4) is 0 Å². The van der Waals surface area contributed by atoms with Crippen molar-refractivity contribution in [1.29, 1.82) is 0 Å². The van der Waals surface area contributed by atoms with Crippen molar-refractivity contribution in [3.63, 3.8) is 0 Å². The molecule has 3 heteroatoms. The largest absolute Gasteiger partial charge is 0.324 e. The number of hydrogen-bond acceptors (Lipinski definition) is 2. The first kappa shape index (κ1) is 6.84. The van der Waals surface area contributed by atoms with E-state index in [-0.39, 0.29) is 6.04 Å². The number of hydrogen-bond donors (Lipinski definition) is 1. The molecule has 0 saturated carbocycles. The maximum absolute atomic E-state index is 5.58. The first-order chi connectivity index (χ1) is 4.20. The van der Waals surface area contributed by atoms with E-state index in [2.05, 4.69) is 0 Å². The van der Waals surface area contributed by atoms with Gasteiger partial charge in [0.25, 0.3) is 0 Å². The molecule has 1 nitrogen and oxygen atoms in total. The summed E-state index contributed by atoms with van der Waals surface area (Å²) in [5.74, 6) is 0. The second-order valence-corrected chi connectivity index (χ2v) is 3.18. The van der Waals surface area contributed by atoms with Gasteiger partial charge in [0, 0.05) is 10.9 Å². The Hall–Kier alpha value is -0.275. The molecule has 0 spiro atoms. The summed E-state index contributed by atoms with van der Waals surface area (Å²) < 4.78 is 0.835. The molecular weight excluding hydrogens is 129 g/mol. The number of thiophene rings is 1. The highest BCUT2D eigenvalue weighted by Gasteiger charge is 1.99. The van der Waals surface area contributed by atoms with Gasteiger partial charge in [0.1, 0.15) is 7.85 Å². The van der Waals surface area contributed by atoms with E-state index in [1.165, 1.54) is 0 Å². The zero-order valence-corrected chi connectivity index (χ0v) is 6.11. The van der Waals surface area contributed by atoms with E-state index >= 15 is 0 Å². The lowest BCUT2D eigenvalue weighted by atomic mass is 10.1. The van der Waals surface area contributed by atoms with Gasteiger partial charge in [-0.05, 0) is 17.8 Å². The zero-order valence-electron chi connectivity index (χ0n) is 5.29. The molecule has 46 valence electrons. The molecule has 0 aliphatic rings. The molecule has 0 bridgehead atoms. The van der Waals surface area contributed by atoms with Crippen LogP contribution in [-0.2, 0) is 0 Å². The summed E-state index contributed by atoms with van der Waals surface area (Å²) in [6, 6.07) is 3.96. The zero-order chi connectivity index (χ0) is 6.85. The predicted octanol–water partition coefficient (Wildman–Crippen LogP) is 0.562. The molecule has 0 fully saturated rings. The molecule has 1 aromatic heterocycles. The molecule has 9 heavy (non-hydrogen) atoms. The van der Waals surface area contributed by atoms with Gasteiger partial charge in [0.2, 0.25) is 0 Å². The van der Waals surface area contributed by atoms with Crippen molar-refractivity contribution in [2.45, 2.75) is 13.0 Å². The average molecular weight is 137 g/mol. The third kappa shape index (κ3) is 1.56. The fourth-order valence-electron chi connectivity index (χ4n) is 0.613. The molecule has 0 aliphatic heterocycles. The highest BCUT2D eigenvalue weighted by atomic mass is 32.1. The Morgan fingerprint density at radius 1 is 1.67 bits per heavy atom. The topological polar surface area (TPSA) is 26.0 Å². The molecule has 1 aromatic rings. The SMILES string of the molecule is [B]c1ccc(C(C)N)s1. The van der Waals surface area contributed by atoms with Gasteiger partial charge in [0.15, 0.2) is 0 Å². The molecule has 0 saturated heterocycles. The van der Waals surface area contributed by atoms with E-state index in [1.54, 1.807) is 11.3 Å². The summed E-state index contributed by atoms with van der Waals surface area (Å²) in [5.41, 5.74) is 5.58. The van der Waals surface area contributed by atoms with Crippen LogP contribution >= 0.6 is 11.3 Å². The van der Waals surface area contributed by atoms with Crippen LogP contribution in [0.15, 0.2) is 12.1 Å². The van der Waals surface area contributed by atoms with Crippen LogP contribution in [0.2, 0.25) is 0 Å². The van der Waals surface area contributed by atoms with E-state index in [4.69, 9.17) is 13.6 Å². The first-order valence-electron chi connectivity index (χ1n) is 2.81. The average Bonchev–Trinajstić information content (AvgIpc) is 2.14. The quantitative estimate of drug-likeness (QED) is 0.562.